The quantitative estimate of drug-likeness (QED) is 0.716. The summed E-state index contributed by atoms with van der Waals surface area (Å²) in [6.45, 7) is 4.67. The summed E-state index contributed by atoms with van der Waals surface area (Å²) in [4.78, 5) is 2.22. The van der Waals surface area contributed by atoms with E-state index in [1.54, 1.807) is 12.1 Å². The summed E-state index contributed by atoms with van der Waals surface area (Å²) in [6, 6.07) is 4.86. The number of rotatable bonds is 6. The van der Waals surface area contributed by atoms with Gasteiger partial charge in [0, 0.05) is 29.0 Å². The number of hydrogen-bond acceptors (Lipinski definition) is 1. The Bertz CT molecular complexity index is 327. The topological polar surface area (TPSA) is 3.24 Å². The molecule has 0 bridgehead atoms. The van der Waals surface area contributed by atoms with E-state index < -0.39 is 0 Å². The largest absolute Gasteiger partial charge is 0.298 e. The number of nitrogens with zero attached hydrogens (tertiary/aromatic N) is 1. The van der Waals surface area contributed by atoms with Crippen LogP contribution in [0, 0.1) is 5.82 Å². The molecule has 1 aromatic carbocycles. The summed E-state index contributed by atoms with van der Waals surface area (Å²) in [6.07, 6.45) is 1.07. The Morgan fingerprint density at radius 3 is 2.69 bits per heavy atom. The summed E-state index contributed by atoms with van der Waals surface area (Å²) in [5.41, 5.74) is 0.707. The second-order valence-electron chi connectivity index (χ2n) is 3.70. The van der Waals surface area contributed by atoms with Crippen LogP contribution < -0.4 is 0 Å². The van der Waals surface area contributed by atoms with Crippen LogP contribution in [0.5, 0.6) is 0 Å². The molecule has 90 valence electrons. The van der Waals surface area contributed by atoms with Gasteiger partial charge < -0.3 is 0 Å². The molecule has 16 heavy (non-hydrogen) atoms. The van der Waals surface area contributed by atoms with Crippen LogP contribution >= 0.6 is 27.5 Å². The molecule has 0 amide bonds. The predicted octanol–water partition coefficient (Wildman–Crippen LogP) is 4.09. The molecule has 0 N–H and O–H groups in total. The van der Waals surface area contributed by atoms with E-state index in [2.05, 4.69) is 27.8 Å². The van der Waals surface area contributed by atoms with Gasteiger partial charge in [-0.3, -0.25) is 4.90 Å². The van der Waals surface area contributed by atoms with Crippen molar-refractivity contribution in [1.29, 1.82) is 0 Å². The van der Waals surface area contributed by atoms with E-state index in [1.807, 2.05) is 0 Å². The van der Waals surface area contributed by atoms with Crippen molar-refractivity contribution in [3.05, 3.63) is 34.6 Å². The second-order valence-corrected chi connectivity index (χ2v) is 4.93. The van der Waals surface area contributed by atoms with E-state index in [-0.39, 0.29) is 5.82 Å². The number of benzene rings is 1. The zero-order valence-electron chi connectivity index (χ0n) is 9.35. The van der Waals surface area contributed by atoms with Crippen molar-refractivity contribution in [3.63, 3.8) is 0 Å². The maximum absolute atomic E-state index is 13.6. The third-order valence-corrected chi connectivity index (χ3v) is 2.94. The van der Waals surface area contributed by atoms with Crippen LogP contribution in [-0.4, -0.2) is 23.3 Å². The van der Waals surface area contributed by atoms with Gasteiger partial charge in [0.15, 0.2) is 0 Å². The molecule has 0 aliphatic heterocycles. The summed E-state index contributed by atoms with van der Waals surface area (Å²) < 4.78 is 13.6. The molecule has 0 radical (unpaired) electrons. The van der Waals surface area contributed by atoms with E-state index in [9.17, 15) is 4.39 Å². The van der Waals surface area contributed by atoms with Gasteiger partial charge >= 0.3 is 0 Å². The Morgan fingerprint density at radius 2 is 2.12 bits per heavy atom. The third kappa shape index (κ3) is 4.40. The summed E-state index contributed by atoms with van der Waals surface area (Å²) in [5.74, 6) is -0.219. The minimum absolute atomic E-state index is 0.219. The van der Waals surface area contributed by atoms with Crippen molar-refractivity contribution in [3.8, 4) is 0 Å². The highest BCUT2D eigenvalue weighted by atomic mass is 79.9. The van der Waals surface area contributed by atoms with Crippen LogP contribution in [0.4, 0.5) is 4.39 Å². The van der Waals surface area contributed by atoms with Gasteiger partial charge in [-0.05, 0) is 25.1 Å². The van der Waals surface area contributed by atoms with Crippen molar-refractivity contribution in [1.82, 2.24) is 4.90 Å². The Morgan fingerprint density at radius 1 is 1.38 bits per heavy atom. The van der Waals surface area contributed by atoms with Crippen LogP contribution in [0.1, 0.15) is 18.9 Å². The molecule has 0 atom stereocenters. The number of halogens is 3. The second kappa shape index (κ2) is 7.25. The average Bonchev–Trinajstić information content (AvgIpc) is 2.23. The monoisotopic (exact) mass is 307 g/mol. The average molecular weight is 309 g/mol. The van der Waals surface area contributed by atoms with Gasteiger partial charge in [0.25, 0.3) is 0 Å². The maximum Gasteiger partial charge on any atom is 0.129 e. The third-order valence-electron chi connectivity index (χ3n) is 2.35. The molecule has 0 aliphatic carbocycles. The number of hydrogen-bond donors (Lipinski definition) is 0. The molecule has 0 saturated heterocycles. The fraction of sp³-hybridized carbons (Fsp3) is 0.500. The Kier molecular flexibility index (Phi) is 6.32. The zero-order chi connectivity index (χ0) is 12.0. The highest BCUT2D eigenvalue weighted by Crippen LogP contribution is 2.16. The highest BCUT2D eigenvalue weighted by Gasteiger charge is 2.08. The first-order chi connectivity index (χ1) is 7.67. The molecule has 1 aromatic rings. The van der Waals surface area contributed by atoms with Gasteiger partial charge in [-0.15, -0.1) is 0 Å². The minimum Gasteiger partial charge on any atom is -0.298 e. The molecule has 0 heterocycles. The van der Waals surface area contributed by atoms with Crippen molar-refractivity contribution >= 4 is 27.5 Å². The van der Waals surface area contributed by atoms with E-state index in [0.29, 0.717) is 17.1 Å². The van der Waals surface area contributed by atoms with Crippen molar-refractivity contribution < 1.29 is 4.39 Å². The van der Waals surface area contributed by atoms with Crippen LogP contribution in [0.2, 0.25) is 5.02 Å². The SMILES string of the molecule is CCCN(CCBr)Cc1ccc(Cl)cc1F. The van der Waals surface area contributed by atoms with Crippen molar-refractivity contribution in [2.75, 3.05) is 18.4 Å². The molecule has 0 fully saturated rings. The van der Waals surface area contributed by atoms with Crippen molar-refractivity contribution in [2.24, 2.45) is 0 Å². The molecule has 1 nitrogen and oxygen atoms in total. The Hall–Kier alpha value is -0.120. The van der Waals surface area contributed by atoms with Gasteiger partial charge in [0.2, 0.25) is 0 Å². The summed E-state index contributed by atoms with van der Waals surface area (Å²) in [7, 11) is 0. The predicted molar refractivity (Wildman–Crippen MR) is 70.8 cm³/mol. The Balaban J connectivity index is 2.68. The van der Waals surface area contributed by atoms with E-state index in [0.717, 1.165) is 24.8 Å². The van der Waals surface area contributed by atoms with Crippen LogP contribution in [0.25, 0.3) is 0 Å². The van der Waals surface area contributed by atoms with Gasteiger partial charge in [-0.25, -0.2) is 4.39 Å². The van der Waals surface area contributed by atoms with Gasteiger partial charge in [0.1, 0.15) is 5.82 Å². The smallest absolute Gasteiger partial charge is 0.129 e. The van der Waals surface area contributed by atoms with E-state index >= 15 is 0 Å². The molecular formula is C12H16BrClFN. The van der Waals surface area contributed by atoms with Crippen LogP contribution in [-0.2, 0) is 6.54 Å². The molecule has 0 aromatic heterocycles. The van der Waals surface area contributed by atoms with Crippen molar-refractivity contribution in [2.45, 2.75) is 19.9 Å². The fourth-order valence-corrected chi connectivity index (χ4v) is 2.26. The van der Waals surface area contributed by atoms with Gasteiger partial charge in [-0.1, -0.05) is 40.5 Å². The maximum atomic E-state index is 13.6. The van der Waals surface area contributed by atoms with Gasteiger partial charge in [-0.2, -0.15) is 0 Å². The molecular weight excluding hydrogens is 292 g/mol. The molecule has 0 aliphatic rings. The first-order valence-electron chi connectivity index (χ1n) is 5.39. The minimum atomic E-state index is -0.219. The molecule has 4 heteroatoms. The normalized spacial score (nSPS) is 11.1. The fourth-order valence-electron chi connectivity index (χ4n) is 1.60. The number of alkyl halides is 1. The first-order valence-corrected chi connectivity index (χ1v) is 6.89. The van der Waals surface area contributed by atoms with Gasteiger partial charge in [0.05, 0.1) is 0 Å². The lowest BCUT2D eigenvalue weighted by molar-refractivity contribution is 0.279. The zero-order valence-corrected chi connectivity index (χ0v) is 11.7. The Labute approximate surface area is 110 Å². The van der Waals surface area contributed by atoms with Crippen LogP contribution in [0.15, 0.2) is 18.2 Å². The summed E-state index contributed by atoms with van der Waals surface area (Å²) >= 11 is 9.12. The summed E-state index contributed by atoms with van der Waals surface area (Å²) in [5, 5.41) is 1.35. The van der Waals surface area contributed by atoms with Crippen LogP contribution in [0.3, 0.4) is 0 Å². The molecule has 0 saturated carbocycles. The molecule has 1 rings (SSSR count). The standard InChI is InChI=1S/C12H16BrClFN/c1-2-6-16(7-5-13)9-10-3-4-11(14)8-12(10)15/h3-4,8H,2,5-7,9H2,1H3. The van der Waals surface area contributed by atoms with E-state index in [1.165, 1.54) is 6.07 Å². The lowest BCUT2D eigenvalue weighted by Crippen LogP contribution is -2.26. The molecule has 0 spiro atoms. The first kappa shape index (κ1) is 13.9. The lowest BCUT2D eigenvalue weighted by atomic mass is 10.2. The highest BCUT2D eigenvalue weighted by molar-refractivity contribution is 9.09. The van der Waals surface area contributed by atoms with E-state index in [4.69, 9.17) is 11.6 Å². The lowest BCUT2D eigenvalue weighted by Gasteiger charge is -2.20. The molecule has 0 unspecified atom stereocenters.